The Morgan fingerprint density at radius 1 is 1.33 bits per heavy atom. The second kappa shape index (κ2) is 5.50. The van der Waals surface area contributed by atoms with Gasteiger partial charge in [0.15, 0.2) is 5.78 Å². The van der Waals surface area contributed by atoms with Crippen LogP contribution in [-0.4, -0.2) is 5.78 Å². The molecule has 5 heteroatoms. The normalized spacial score (nSPS) is 13.4. The quantitative estimate of drug-likeness (QED) is 0.578. The first-order valence-electron chi connectivity index (χ1n) is 5.68. The van der Waals surface area contributed by atoms with E-state index in [2.05, 4.69) is 0 Å². The molecule has 1 unspecified atom stereocenters. The lowest BCUT2D eigenvalue weighted by Crippen LogP contribution is -2.13. The van der Waals surface area contributed by atoms with Gasteiger partial charge in [0.1, 0.15) is 5.82 Å². The van der Waals surface area contributed by atoms with E-state index < -0.39 is 17.6 Å². The zero-order valence-electron chi connectivity index (χ0n) is 10.1. The van der Waals surface area contributed by atoms with E-state index in [0.29, 0.717) is 18.6 Å². The van der Waals surface area contributed by atoms with Gasteiger partial charge in [0.2, 0.25) is 0 Å². The summed E-state index contributed by atoms with van der Waals surface area (Å²) in [5.41, 5.74) is -1.36. The molecule has 0 bridgehead atoms. The van der Waals surface area contributed by atoms with Crippen molar-refractivity contribution in [2.24, 2.45) is 5.92 Å². The molecule has 100 valence electrons. The minimum absolute atomic E-state index is 0.0125. The van der Waals surface area contributed by atoms with Crippen LogP contribution in [0.25, 0.3) is 0 Å². The van der Waals surface area contributed by atoms with Gasteiger partial charge >= 0.3 is 6.18 Å². The fourth-order valence-electron chi connectivity index (χ4n) is 1.75. The van der Waals surface area contributed by atoms with Crippen LogP contribution in [0.15, 0.2) is 18.2 Å². The molecular weight excluding hydrogens is 248 g/mol. The molecule has 0 radical (unpaired) electrons. The van der Waals surface area contributed by atoms with E-state index in [1.807, 2.05) is 6.92 Å². The van der Waals surface area contributed by atoms with Crippen LogP contribution < -0.4 is 0 Å². The van der Waals surface area contributed by atoms with Gasteiger partial charge < -0.3 is 0 Å². The molecule has 0 fully saturated rings. The zero-order chi connectivity index (χ0) is 13.9. The van der Waals surface area contributed by atoms with Crippen molar-refractivity contribution >= 4 is 5.78 Å². The van der Waals surface area contributed by atoms with E-state index in [9.17, 15) is 22.4 Å². The molecule has 1 rings (SSSR count). The van der Waals surface area contributed by atoms with E-state index >= 15 is 0 Å². The molecule has 0 heterocycles. The summed E-state index contributed by atoms with van der Waals surface area (Å²) in [6, 6.07) is 2.30. The minimum atomic E-state index is -4.74. The summed E-state index contributed by atoms with van der Waals surface area (Å²) >= 11 is 0. The van der Waals surface area contributed by atoms with Crippen molar-refractivity contribution in [1.29, 1.82) is 0 Å². The minimum Gasteiger partial charge on any atom is -0.294 e. The Balaban J connectivity index is 3.01. The maximum absolute atomic E-state index is 13.3. The van der Waals surface area contributed by atoms with Crippen LogP contribution in [0.3, 0.4) is 0 Å². The second-order valence-electron chi connectivity index (χ2n) is 4.25. The molecule has 0 saturated heterocycles. The van der Waals surface area contributed by atoms with Crippen LogP contribution in [0, 0.1) is 11.7 Å². The van der Waals surface area contributed by atoms with Crippen molar-refractivity contribution in [2.45, 2.75) is 32.9 Å². The number of benzene rings is 1. The summed E-state index contributed by atoms with van der Waals surface area (Å²) in [5, 5.41) is 0. The molecule has 0 aliphatic rings. The predicted octanol–water partition coefficient (Wildman–Crippen LogP) is 4.46. The number of hydrogen-bond donors (Lipinski definition) is 0. The average molecular weight is 262 g/mol. The highest BCUT2D eigenvalue weighted by molar-refractivity contribution is 5.97. The van der Waals surface area contributed by atoms with E-state index in [-0.39, 0.29) is 17.3 Å². The predicted molar refractivity (Wildman–Crippen MR) is 59.8 cm³/mol. The van der Waals surface area contributed by atoms with Gasteiger partial charge in [0, 0.05) is 11.5 Å². The molecular formula is C13H14F4O. The third-order valence-electron chi connectivity index (χ3n) is 2.73. The highest BCUT2D eigenvalue weighted by Crippen LogP contribution is 2.32. The average Bonchev–Trinajstić information content (AvgIpc) is 2.26. The van der Waals surface area contributed by atoms with Crippen LogP contribution in [0.2, 0.25) is 0 Å². The number of hydrogen-bond acceptors (Lipinski definition) is 1. The van der Waals surface area contributed by atoms with E-state index in [1.54, 1.807) is 6.92 Å². The molecule has 0 aliphatic carbocycles. The molecule has 0 spiro atoms. The molecule has 0 aromatic heterocycles. The lowest BCUT2D eigenvalue weighted by atomic mass is 9.94. The number of alkyl halides is 3. The Bertz CT molecular complexity index is 437. The topological polar surface area (TPSA) is 17.1 Å². The maximum Gasteiger partial charge on any atom is 0.419 e. The van der Waals surface area contributed by atoms with Crippen molar-refractivity contribution in [2.75, 3.05) is 0 Å². The molecule has 1 atom stereocenters. The maximum atomic E-state index is 13.3. The Kier molecular flexibility index (Phi) is 4.48. The van der Waals surface area contributed by atoms with Crippen molar-refractivity contribution in [3.05, 3.63) is 35.1 Å². The number of ketones is 1. The molecule has 1 aromatic rings. The number of carbonyl (C=O) groups excluding carboxylic acids is 1. The third-order valence-corrected chi connectivity index (χ3v) is 2.73. The smallest absolute Gasteiger partial charge is 0.294 e. The molecule has 1 aromatic carbocycles. The monoisotopic (exact) mass is 262 g/mol. The Hall–Kier alpha value is -1.39. The zero-order valence-corrected chi connectivity index (χ0v) is 10.1. The first-order chi connectivity index (χ1) is 8.27. The molecule has 0 aliphatic heterocycles. The van der Waals surface area contributed by atoms with Gasteiger partial charge in [-0.3, -0.25) is 4.79 Å². The fourth-order valence-corrected chi connectivity index (χ4v) is 1.75. The first kappa shape index (κ1) is 14.7. The lowest BCUT2D eigenvalue weighted by molar-refractivity contribution is -0.140. The largest absolute Gasteiger partial charge is 0.419 e. The Labute approximate surface area is 103 Å². The van der Waals surface area contributed by atoms with Crippen molar-refractivity contribution in [3.8, 4) is 0 Å². The standard InChI is InChI=1S/C13H14F4O/c1-3-4-8(2)12(18)9-5-6-10(11(14)7-9)13(15,16)17/h5-8H,3-4H2,1-2H3. The summed E-state index contributed by atoms with van der Waals surface area (Å²) < 4.78 is 50.3. The summed E-state index contributed by atoms with van der Waals surface area (Å²) in [7, 11) is 0. The van der Waals surface area contributed by atoms with E-state index in [1.165, 1.54) is 0 Å². The van der Waals surface area contributed by atoms with Gasteiger partial charge in [-0.15, -0.1) is 0 Å². The van der Waals surface area contributed by atoms with Gasteiger partial charge in [-0.1, -0.05) is 26.3 Å². The number of Topliss-reactive ketones (excluding diaryl/α,β-unsaturated/α-hetero) is 1. The van der Waals surface area contributed by atoms with Crippen molar-refractivity contribution < 1.29 is 22.4 Å². The van der Waals surface area contributed by atoms with Gasteiger partial charge in [-0.2, -0.15) is 13.2 Å². The highest BCUT2D eigenvalue weighted by Gasteiger charge is 2.34. The Morgan fingerprint density at radius 3 is 2.39 bits per heavy atom. The van der Waals surface area contributed by atoms with Crippen molar-refractivity contribution in [1.82, 2.24) is 0 Å². The van der Waals surface area contributed by atoms with Gasteiger partial charge in [-0.05, 0) is 18.6 Å². The summed E-state index contributed by atoms with van der Waals surface area (Å²) in [4.78, 5) is 11.8. The number of carbonyl (C=O) groups is 1. The van der Waals surface area contributed by atoms with Crippen LogP contribution in [0.4, 0.5) is 17.6 Å². The van der Waals surface area contributed by atoms with Crippen LogP contribution in [-0.2, 0) is 6.18 Å². The van der Waals surface area contributed by atoms with Crippen LogP contribution in [0.5, 0.6) is 0 Å². The van der Waals surface area contributed by atoms with E-state index in [4.69, 9.17) is 0 Å². The SMILES string of the molecule is CCCC(C)C(=O)c1ccc(C(F)(F)F)c(F)c1. The van der Waals surface area contributed by atoms with Crippen LogP contribution in [0.1, 0.15) is 42.6 Å². The number of halogens is 4. The molecule has 0 saturated carbocycles. The first-order valence-corrected chi connectivity index (χ1v) is 5.68. The van der Waals surface area contributed by atoms with Crippen LogP contribution >= 0.6 is 0 Å². The third kappa shape index (κ3) is 3.31. The van der Waals surface area contributed by atoms with Gasteiger partial charge in [-0.25, -0.2) is 4.39 Å². The summed E-state index contributed by atoms with van der Waals surface area (Å²) in [5.74, 6) is -2.05. The molecule has 0 amide bonds. The second-order valence-corrected chi connectivity index (χ2v) is 4.25. The van der Waals surface area contributed by atoms with E-state index in [0.717, 1.165) is 12.5 Å². The Morgan fingerprint density at radius 2 is 1.94 bits per heavy atom. The summed E-state index contributed by atoms with van der Waals surface area (Å²) in [6.07, 6.45) is -3.32. The van der Waals surface area contributed by atoms with Gasteiger partial charge in [0.05, 0.1) is 5.56 Å². The molecule has 0 N–H and O–H groups in total. The van der Waals surface area contributed by atoms with Crippen molar-refractivity contribution in [3.63, 3.8) is 0 Å². The molecule has 1 nitrogen and oxygen atoms in total. The highest BCUT2D eigenvalue weighted by atomic mass is 19.4. The summed E-state index contributed by atoms with van der Waals surface area (Å²) in [6.45, 7) is 3.58. The number of rotatable bonds is 4. The molecule has 18 heavy (non-hydrogen) atoms. The van der Waals surface area contributed by atoms with Gasteiger partial charge in [0.25, 0.3) is 0 Å². The fraction of sp³-hybridized carbons (Fsp3) is 0.462. The lowest BCUT2D eigenvalue weighted by Gasteiger charge is -2.11.